The van der Waals surface area contributed by atoms with Crippen molar-refractivity contribution in [2.75, 3.05) is 12.3 Å². The molecule has 0 radical (unpaired) electrons. The van der Waals surface area contributed by atoms with Gasteiger partial charge in [-0.2, -0.15) is 0 Å². The van der Waals surface area contributed by atoms with Crippen molar-refractivity contribution in [2.24, 2.45) is 0 Å². The van der Waals surface area contributed by atoms with Crippen molar-refractivity contribution in [3.8, 4) is 0 Å². The summed E-state index contributed by atoms with van der Waals surface area (Å²) in [6, 6.07) is 1.17. The van der Waals surface area contributed by atoms with Crippen LogP contribution in [0.3, 0.4) is 0 Å². The second-order valence-electron chi connectivity index (χ2n) is 2.62. The van der Waals surface area contributed by atoms with E-state index in [1.165, 1.54) is 12.1 Å². The molecule has 0 aliphatic carbocycles. The van der Waals surface area contributed by atoms with Gasteiger partial charge in [0.1, 0.15) is 5.00 Å². The fourth-order valence-electron chi connectivity index (χ4n) is 0.919. The van der Waals surface area contributed by atoms with Crippen LogP contribution < -0.4 is 11.1 Å². The second-order valence-corrected chi connectivity index (χ2v) is 3.68. The molecular weight excluding hydrogens is 218 g/mol. The van der Waals surface area contributed by atoms with E-state index in [0.717, 1.165) is 11.3 Å². The summed E-state index contributed by atoms with van der Waals surface area (Å²) in [4.78, 5) is 21.2. The van der Waals surface area contributed by atoms with Crippen LogP contribution in [0, 0.1) is 10.1 Å². The summed E-state index contributed by atoms with van der Waals surface area (Å²) in [5.41, 5.74) is 5.61. The lowest BCUT2D eigenvalue weighted by Crippen LogP contribution is -2.23. The van der Waals surface area contributed by atoms with E-state index >= 15 is 0 Å². The highest BCUT2D eigenvalue weighted by atomic mass is 32.1. The molecule has 0 aromatic carbocycles. The fraction of sp³-hybridized carbons (Fsp3) is 0.125. The Bertz CT molecular complexity index is 413. The van der Waals surface area contributed by atoms with Gasteiger partial charge in [0.2, 0.25) is 0 Å². The van der Waals surface area contributed by atoms with Crippen LogP contribution in [-0.4, -0.2) is 17.4 Å². The van der Waals surface area contributed by atoms with E-state index in [-0.39, 0.29) is 15.6 Å². The number of thiophene rings is 1. The molecule has 1 aromatic rings. The summed E-state index contributed by atoms with van der Waals surface area (Å²) in [5, 5.41) is 12.9. The van der Waals surface area contributed by atoms with Crippen molar-refractivity contribution in [1.29, 1.82) is 0 Å². The number of rotatable bonds is 4. The van der Waals surface area contributed by atoms with E-state index < -0.39 is 10.8 Å². The molecular formula is C8H9N3O3S. The average molecular weight is 227 g/mol. The molecule has 0 bridgehead atoms. The third-order valence-corrected chi connectivity index (χ3v) is 2.50. The minimum Gasteiger partial charge on any atom is -0.390 e. The number of nitrogen functional groups attached to an aromatic ring is 1. The van der Waals surface area contributed by atoms with Crippen LogP contribution in [0.5, 0.6) is 0 Å². The Labute approximate surface area is 89.5 Å². The third kappa shape index (κ3) is 2.53. The Balaban J connectivity index is 2.89. The second kappa shape index (κ2) is 4.56. The number of nitrogens with two attached hydrogens (primary N) is 1. The molecule has 0 fully saturated rings. The Morgan fingerprint density at radius 3 is 2.93 bits per heavy atom. The van der Waals surface area contributed by atoms with Crippen molar-refractivity contribution in [3.63, 3.8) is 0 Å². The molecule has 0 unspecified atom stereocenters. The van der Waals surface area contributed by atoms with Gasteiger partial charge in [-0.25, -0.2) is 0 Å². The van der Waals surface area contributed by atoms with Gasteiger partial charge in [0.05, 0.1) is 10.5 Å². The van der Waals surface area contributed by atoms with E-state index in [0.29, 0.717) is 6.54 Å². The summed E-state index contributed by atoms with van der Waals surface area (Å²) in [6.45, 7) is 3.72. The van der Waals surface area contributed by atoms with Gasteiger partial charge in [0, 0.05) is 12.6 Å². The number of carbonyl (C=O) groups excluding carboxylic acids is 1. The maximum atomic E-state index is 11.4. The van der Waals surface area contributed by atoms with Crippen molar-refractivity contribution < 1.29 is 9.72 Å². The van der Waals surface area contributed by atoms with Crippen LogP contribution in [0.4, 0.5) is 10.0 Å². The summed E-state index contributed by atoms with van der Waals surface area (Å²) >= 11 is 0.776. The number of carbonyl (C=O) groups is 1. The quantitative estimate of drug-likeness (QED) is 0.458. The highest BCUT2D eigenvalue weighted by Gasteiger charge is 2.19. The zero-order chi connectivity index (χ0) is 11.4. The highest BCUT2D eigenvalue weighted by molar-refractivity contribution is 7.19. The maximum absolute atomic E-state index is 11.4. The van der Waals surface area contributed by atoms with Crippen molar-refractivity contribution in [2.45, 2.75) is 0 Å². The normalized spacial score (nSPS) is 9.60. The average Bonchev–Trinajstić information content (AvgIpc) is 2.57. The molecule has 0 saturated carbocycles. The summed E-state index contributed by atoms with van der Waals surface area (Å²) in [5.74, 6) is -0.434. The Morgan fingerprint density at radius 2 is 2.47 bits per heavy atom. The molecule has 6 nitrogen and oxygen atoms in total. The maximum Gasteiger partial charge on any atom is 0.326 e. The fourth-order valence-corrected chi connectivity index (χ4v) is 1.66. The largest absolute Gasteiger partial charge is 0.390 e. The van der Waals surface area contributed by atoms with Crippen LogP contribution in [-0.2, 0) is 0 Å². The Morgan fingerprint density at radius 1 is 1.80 bits per heavy atom. The molecule has 1 heterocycles. The number of nitrogens with one attached hydrogen (secondary N) is 1. The minimum atomic E-state index is -0.578. The molecule has 0 saturated heterocycles. The lowest BCUT2D eigenvalue weighted by molar-refractivity contribution is -0.380. The van der Waals surface area contributed by atoms with Crippen LogP contribution in [0.15, 0.2) is 18.7 Å². The lowest BCUT2D eigenvalue weighted by atomic mass is 10.3. The molecule has 0 atom stereocenters. The smallest absolute Gasteiger partial charge is 0.326 e. The monoisotopic (exact) mass is 227 g/mol. The van der Waals surface area contributed by atoms with Gasteiger partial charge < -0.3 is 11.1 Å². The summed E-state index contributed by atoms with van der Waals surface area (Å²) in [6.07, 6.45) is 1.51. The molecule has 15 heavy (non-hydrogen) atoms. The summed E-state index contributed by atoms with van der Waals surface area (Å²) in [7, 11) is 0. The van der Waals surface area contributed by atoms with Gasteiger partial charge in [0.15, 0.2) is 0 Å². The third-order valence-electron chi connectivity index (χ3n) is 1.58. The van der Waals surface area contributed by atoms with Gasteiger partial charge in [-0.3, -0.25) is 14.9 Å². The number of nitrogens with zero attached hydrogens (tertiary/aromatic N) is 1. The van der Waals surface area contributed by atoms with Crippen molar-refractivity contribution in [1.82, 2.24) is 5.32 Å². The van der Waals surface area contributed by atoms with Crippen molar-refractivity contribution in [3.05, 3.63) is 34.4 Å². The first-order chi connectivity index (χ1) is 7.06. The molecule has 3 N–H and O–H groups in total. The molecule has 0 aliphatic rings. The molecule has 7 heteroatoms. The standard InChI is InChI=1S/C8H9N3O3S/c1-2-3-10-8(12)5-4-6(11(13)14)15-7(5)9/h2,4H,1,3,9H2,(H,10,12). The molecule has 80 valence electrons. The Hall–Kier alpha value is -1.89. The van der Waals surface area contributed by atoms with E-state index in [4.69, 9.17) is 5.73 Å². The predicted octanol–water partition coefficient (Wildman–Crippen LogP) is 1.15. The predicted molar refractivity (Wildman–Crippen MR) is 57.9 cm³/mol. The first-order valence-corrected chi connectivity index (χ1v) is 4.80. The number of anilines is 1. The van der Waals surface area contributed by atoms with E-state index in [2.05, 4.69) is 11.9 Å². The van der Waals surface area contributed by atoms with Crippen LogP contribution in [0.1, 0.15) is 10.4 Å². The van der Waals surface area contributed by atoms with Crippen LogP contribution in [0.2, 0.25) is 0 Å². The van der Waals surface area contributed by atoms with E-state index in [1.54, 1.807) is 0 Å². The first-order valence-electron chi connectivity index (χ1n) is 3.99. The zero-order valence-electron chi connectivity index (χ0n) is 7.73. The topological polar surface area (TPSA) is 98.3 Å². The van der Waals surface area contributed by atoms with Crippen molar-refractivity contribution >= 4 is 27.2 Å². The molecule has 1 amide bonds. The number of hydrogen-bond acceptors (Lipinski definition) is 5. The SMILES string of the molecule is C=CCNC(=O)c1cc([N+](=O)[O-])sc1N. The number of nitro groups is 1. The van der Waals surface area contributed by atoms with Gasteiger partial charge in [-0.15, -0.1) is 6.58 Å². The van der Waals surface area contributed by atoms with Crippen LogP contribution >= 0.6 is 11.3 Å². The number of amides is 1. The van der Waals surface area contributed by atoms with Gasteiger partial charge >= 0.3 is 5.00 Å². The molecule has 1 rings (SSSR count). The molecule has 0 spiro atoms. The van der Waals surface area contributed by atoms with Gasteiger partial charge in [-0.05, 0) is 11.3 Å². The van der Waals surface area contributed by atoms with E-state index in [1.807, 2.05) is 0 Å². The van der Waals surface area contributed by atoms with Gasteiger partial charge in [0.25, 0.3) is 5.91 Å². The Kier molecular flexibility index (Phi) is 3.40. The molecule has 0 aliphatic heterocycles. The van der Waals surface area contributed by atoms with E-state index in [9.17, 15) is 14.9 Å². The highest BCUT2D eigenvalue weighted by Crippen LogP contribution is 2.30. The minimum absolute atomic E-state index is 0.133. The zero-order valence-corrected chi connectivity index (χ0v) is 8.54. The summed E-state index contributed by atoms with van der Waals surface area (Å²) < 4.78 is 0. The number of hydrogen-bond donors (Lipinski definition) is 2. The van der Waals surface area contributed by atoms with Crippen LogP contribution in [0.25, 0.3) is 0 Å². The lowest BCUT2D eigenvalue weighted by Gasteiger charge is -1.99. The first kappa shape index (κ1) is 11.2. The van der Waals surface area contributed by atoms with Gasteiger partial charge in [-0.1, -0.05) is 6.08 Å². The molecule has 1 aromatic heterocycles.